The minimum atomic E-state index is -0.897. The van der Waals surface area contributed by atoms with E-state index in [2.05, 4.69) is 12.2 Å². The Morgan fingerprint density at radius 1 is 1.21 bits per heavy atom. The third kappa shape index (κ3) is 3.95. The molecule has 1 rings (SSSR count). The second-order valence-electron chi connectivity index (χ2n) is 6.00. The Morgan fingerprint density at radius 3 is 2.16 bits per heavy atom. The van der Waals surface area contributed by atoms with Gasteiger partial charge in [0.1, 0.15) is 0 Å². The van der Waals surface area contributed by atoms with Crippen molar-refractivity contribution < 1.29 is 14.7 Å². The first kappa shape index (κ1) is 16.0. The molecule has 0 bridgehead atoms. The van der Waals surface area contributed by atoms with E-state index in [1.165, 1.54) is 12.8 Å². The number of hydrogen-bond acceptors (Lipinski definition) is 2. The summed E-state index contributed by atoms with van der Waals surface area (Å²) in [4.78, 5) is 23.3. The number of carboxylic acid groups (broad SMARTS) is 1. The predicted molar refractivity (Wildman–Crippen MR) is 74.9 cm³/mol. The van der Waals surface area contributed by atoms with Gasteiger partial charge in [-0.1, -0.05) is 27.2 Å². The molecule has 0 aromatic carbocycles. The highest BCUT2D eigenvalue weighted by Gasteiger charge is 2.42. The highest BCUT2D eigenvalue weighted by Crippen LogP contribution is 2.49. The molecule has 0 radical (unpaired) electrons. The van der Waals surface area contributed by atoms with Crippen molar-refractivity contribution in [2.45, 2.75) is 65.7 Å². The van der Waals surface area contributed by atoms with Gasteiger partial charge in [0.2, 0.25) is 5.91 Å². The van der Waals surface area contributed by atoms with Gasteiger partial charge in [0, 0.05) is 13.0 Å². The quantitative estimate of drug-likeness (QED) is 0.676. The van der Waals surface area contributed by atoms with Crippen LogP contribution in [0.3, 0.4) is 0 Å². The second-order valence-corrected chi connectivity index (χ2v) is 6.00. The van der Waals surface area contributed by atoms with Crippen molar-refractivity contribution in [3.05, 3.63) is 0 Å². The smallest absolute Gasteiger partial charge is 0.310 e. The van der Waals surface area contributed by atoms with Crippen LogP contribution in [-0.4, -0.2) is 23.5 Å². The Bertz CT molecular complexity index is 330. The van der Waals surface area contributed by atoms with Crippen LogP contribution >= 0.6 is 0 Å². The molecular weight excluding hydrogens is 242 g/mol. The molecule has 1 aliphatic rings. The minimum absolute atomic E-state index is 0.0948. The zero-order valence-corrected chi connectivity index (χ0v) is 12.4. The average molecular weight is 269 g/mol. The van der Waals surface area contributed by atoms with Crippen LogP contribution in [0.15, 0.2) is 0 Å². The number of nitrogens with one attached hydrogen (secondary N) is 1. The van der Waals surface area contributed by atoms with E-state index in [0.717, 1.165) is 12.8 Å². The van der Waals surface area contributed by atoms with E-state index >= 15 is 0 Å². The predicted octanol–water partition coefficient (Wildman–Crippen LogP) is 2.96. The van der Waals surface area contributed by atoms with Crippen molar-refractivity contribution in [1.29, 1.82) is 0 Å². The summed E-state index contributed by atoms with van der Waals surface area (Å²) in [6.07, 6.45) is 5.74. The fourth-order valence-corrected chi connectivity index (χ4v) is 2.76. The normalized spacial score (nSPS) is 17.0. The SMILES string of the molecule is CCCC1(CNC(=O)CC(CC)(CC)C(=O)O)CC1. The van der Waals surface area contributed by atoms with Crippen molar-refractivity contribution in [2.75, 3.05) is 6.54 Å². The van der Waals surface area contributed by atoms with E-state index in [9.17, 15) is 14.7 Å². The van der Waals surface area contributed by atoms with Crippen LogP contribution in [0.25, 0.3) is 0 Å². The number of hydrogen-bond donors (Lipinski definition) is 2. The van der Waals surface area contributed by atoms with E-state index in [1.807, 2.05) is 13.8 Å². The van der Waals surface area contributed by atoms with Gasteiger partial charge >= 0.3 is 5.97 Å². The topological polar surface area (TPSA) is 66.4 Å². The first-order chi connectivity index (χ1) is 8.93. The Hall–Kier alpha value is -1.06. The van der Waals surface area contributed by atoms with E-state index < -0.39 is 11.4 Å². The van der Waals surface area contributed by atoms with Crippen LogP contribution in [0.1, 0.15) is 65.7 Å². The van der Waals surface area contributed by atoms with Gasteiger partial charge in [-0.25, -0.2) is 0 Å². The summed E-state index contributed by atoms with van der Waals surface area (Å²) >= 11 is 0. The molecule has 19 heavy (non-hydrogen) atoms. The average Bonchev–Trinajstić information content (AvgIpc) is 3.14. The van der Waals surface area contributed by atoms with E-state index in [0.29, 0.717) is 24.8 Å². The van der Waals surface area contributed by atoms with Crippen molar-refractivity contribution in [1.82, 2.24) is 5.32 Å². The van der Waals surface area contributed by atoms with Crippen LogP contribution in [-0.2, 0) is 9.59 Å². The van der Waals surface area contributed by atoms with Gasteiger partial charge in [0.15, 0.2) is 0 Å². The molecule has 4 heteroatoms. The molecule has 1 saturated carbocycles. The van der Waals surface area contributed by atoms with Crippen molar-refractivity contribution in [2.24, 2.45) is 10.8 Å². The first-order valence-corrected chi connectivity index (χ1v) is 7.44. The maximum atomic E-state index is 12.0. The maximum absolute atomic E-state index is 12.0. The maximum Gasteiger partial charge on any atom is 0.310 e. The molecule has 0 atom stereocenters. The van der Waals surface area contributed by atoms with Gasteiger partial charge in [-0.2, -0.15) is 0 Å². The first-order valence-electron chi connectivity index (χ1n) is 7.44. The van der Waals surface area contributed by atoms with Gasteiger partial charge in [0.05, 0.1) is 5.41 Å². The van der Waals surface area contributed by atoms with Crippen molar-refractivity contribution >= 4 is 11.9 Å². The summed E-state index contributed by atoms with van der Waals surface area (Å²) < 4.78 is 0. The fraction of sp³-hybridized carbons (Fsp3) is 0.867. The summed E-state index contributed by atoms with van der Waals surface area (Å²) in [5.41, 5.74) is -0.583. The Morgan fingerprint density at radius 2 is 1.79 bits per heavy atom. The summed E-state index contributed by atoms with van der Waals surface area (Å²) in [6.45, 7) is 6.54. The molecule has 4 nitrogen and oxygen atoms in total. The Labute approximate surface area is 116 Å². The Kier molecular flexibility index (Phi) is 5.39. The van der Waals surface area contributed by atoms with Crippen LogP contribution in [0, 0.1) is 10.8 Å². The monoisotopic (exact) mass is 269 g/mol. The third-order valence-electron chi connectivity index (χ3n) is 4.70. The molecule has 1 fully saturated rings. The number of carbonyl (C=O) groups excluding carboxylic acids is 1. The molecule has 0 saturated heterocycles. The van der Waals surface area contributed by atoms with Crippen molar-refractivity contribution in [3.8, 4) is 0 Å². The molecule has 0 unspecified atom stereocenters. The largest absolute Gasteiger partial charge is 0.481 e. The van der Waals surface area contributed by atoms with E-state index in [1.54, 1.807) is 0 Å². The molecule has 1 amide bonds. The van der Waals surface area contributed by atoms with Gasteiger partial charge < -0.3 is 10.4 Å². The van der Waals surface area contributed by atoms with Gasteiger partial charge in [0.25, 0.3) is 0 Å². The van der Waals surface area contributed by atoms with Gasteiger partial charge in [-0.15, -0.1) is 0 Å². The lowest BCUT2D eigenvalue weighted by molar-refractivity contribution is -0.152. The summed E-state index contributed by atoms with van der Waals surface area (Å²) in [7, 11) is 0. The lowest BCUT2D eigenvalue weighted by Crippen LogP contribution is -2.38. The molecule has 110 valence electrons. The fourth-order valence-electron chi connectivity index (χ4n) is 2.76. The van der Waals surface area contributed by atoms with Crippen LogP contribution in [0.4, 0.5) is 0 Å². The lowest BCUT2D eigenvalue weighted by atomic mass is 9.79. The van der Waals surface area contributed by atoms with Crippen molar-refractivity contribution in [3.63, 3.8) is 0 Å². The molecule has 0 aliphatic heterocycles. The molecule has 0 spiro atoms. The van der Waals surface area contributed by atoms with Crippen LogP contribution < -0.4 is 5.32 Å². The third-order valence-corrected chi connectivity index (χ3v) is 4.70. The Balaban J connectivity index is 2.48. The number of amides is 1. The van der Waals surface area contributed by atoms with Crippen LogP contribution in [0.5, 0.6) is 0 Å². The zero-order valence-electron chi connectivity index (χ0n) is 12.4. The zero-order chi connectivity index (χ0) is 14.5. The molecule has 0 heterocycles. The molecule has 2 N–H and O–H groups in total. The minimum Gasteiger partial charge on any atom is -0.481 e. The molecule has 0 aromatic heterocycles. The number of carboxylic acids is 1. The molecule has 1 aliphatic carbocycles. The lowest BCUT2D eigenvalue weighted by Gasteiger charge is -2.26. The van der Waals surface area contributed by atoms with E-state index in [4.69, 9.17) is 0 Å². The number of rotatable bonds is 9. The standard InChI is InChI=1S/C15H27NO3/c1-4-7-14(8-9-14)11-16-12(17)10-15(5-2,6-3)13(18)19/h4-11H2,1-3H3,(H,16,17)(H,18,19). The summed E-state index contributed by atoms with van der Waals surface area (Å²) in [6, 6.07) is 0. The van der Waals surface area contributed by atoms with Gasteiger partial charge in [-0.3, -0.25) is 9.59 Å². The molecular formula is C15H27NO3. The van der Waals surface area contributed by atoms with Crippen LogP contribution in [0.2, 0.25) is 0 Å². The van der Waals surface area contributed by atoms with E-state index in [-0.39, 0.29) is 12.3 Å². The highest BCUT2D eigenvalue weighted by atomic mass is 16.4. The second kappa shape index (κ2) is 6.40. The summed E-state index contributed by atoms with van der Waals surface area (Å²) in [5, 5.41) is 12.3. The summed E-state index contributed by atoms with van der Waals surface area (Å²) in [5.74, 6) is -0.976. The highest BCUT2D eigenvalue weighted by molar-refractivity contribution is 5.84. The molecule has 0 aromatic rings. The van der Waals surface area contributed by atoms with Gasteiger partial charge in [-0.05, 0) is 37.5 Å². The number of carbonyl (C=O) groups is 2. The number of aliphatic carboxylic acids is 1.